The number of hydrogen-bond acceptors (Lipinski definition) is 5. The van der Waals surface area contributed by atoms with Crippen LogP contribution < -0.4 is 0 Å². The van der Waals surface area contributed by atoms with E-state index in [0.717, 1.165) is 49.5 Å². The molecule has 9 heteroatoms. The molecule has 1 aromatic rings. The summed E-state index contributed by atoms with van der Waals surface area (Å²) in [6, 6.07) is 1.06. The van der Waals surface area contributed by atoms with Crippen molar-refractivity contribution in [2.45, 2.75) is 36.3 Å². The number of thiophene rings is 1. The van der Waals surface area contributed by atoms with Gasteiger partial charge in [-0.25, -0.2) is 8.42 Å². The van der Waals surface area contributed by atoms with Gasteiger partial charge in [-0.2, -0.15) is 4.31 Å². The Labute approximate surface area is 126 Å². The van der Waals surface area contributed by atoms with Gasteiger partial charge in [0.15, 0.2) is 4.34 Å². The number of rotatable bonds is 3. The third-order valence-electron chi connectivity index (χ3n) is 3.25. The lowest BCUT2D eigenvalue weighted by molar-refractivity contribution is -0.384. The zero-order valence-corrected chi connectivity index (χ0v) is 13.1. The van der Waals surface area contributed by atoms with Gasteiger partial charge in [-0.3, -0.25) is 10.1 Å². The van der Waals surface area contributed by atoms with Gasteiger partial charge in [-0.05, 0) is 12.8 Å². The van der Waals surface area contributed by atoms with E-state index < -0.39 is 14.9 Å². The SMILES string of the molecule is O=[N+]([O-])c1cc(S(=O)(=O)N2CCCCCCC2)sc1Cl. The minimum Gasteiger partial charge on any atom is -0.258 e. The van der Waals surface area contributed by atoms with Crippen molar-refractivity contribution in [2.75, 3.05) is 13.1 Å². The molecule has 0 radical (unpaired) electrons. The summed E-state index contributed by atoms with van der Waals surface area (Å²) < 4.78 is 26.3. The Morgan fingerprint density at radius 3 is 2.25 bits per heavy atom. The lowest BCUT2D eigenvalue weighted by atomic mass is 10.1. The summed E-state index contributed by atoms with van der Waals surface area (Å²) >= 11 is 6.49. The molecule has 0 bridgehead atoms. The van der Waals surface area contributed by atoms with Crippen LogP contribution in [0.3, 0.4) is 0 Å². The number of hydrogen-bond donors (Lipinski definition) is 0. The summed E-state index contributed by atoms with van der Waals surface area (Å²) in [7, 11) is -3.67. The quantitative estimate of drug-likeness (QED) is 0.625. The van der Waals surface area contributed by atoms with Gasteiger partial charge in [0.25, 0.3) is 15.7 Å². The predicted molar refractivity (Wildman–Crippen MR) is 77.8 cm³/mol. The molecule has 1 aliphatic heterocycles. The summed E-state index contributed by atoms with van der Waals surface area (Å²) in [6.45, 7) is 0.928. The molecule has 20 heavy (non-hydrogen) atoms. The van der Waals surface area contributed by atoms with Crippen molar-refractivity contribution in [1.82, 2.24) is 4.31 Å². The molecule has 0 amide bonds. The van der Waals surface area contributed by atoms with Gasteiger partial charge in [0.1, 0.15) is 4.21 Å². The maximum Gasteiger partial charge on any atom is 0.300 e. The first-order chi connectivity index (χ1) is 9.43. The van der Waals surface area contributed by atoms with E-state index in [9.17, 15) is 18.5 Å². The number of halogens is 1. The van der Waals surface area contributed by atoms with Gasteiger partial charge in [-0.1, -0.05) is 30.9 Å². The molecule has 112 valence electrons. The largest absolute Gasteiger partial charge is 0.300 e. The highest BCUT2D eigenvalue weighted by Crippen LogP contribution is 2.37. The highest BCUT2D eigenvalue weighted by Gasteiger charge is 2.30. The second-order valence-electron chi connectivity index (χ2n) is 4.65. The van der Waals surface area contributed by atoms with E-state index in [1.54, 1.807) is 0 Å². The van der Waals surface area contributed by atoms with E-state index in [-0.39, 0.29) is 14.2 Å². The molecule has 6 nitrogen and oxygen atoms in total. The van der Waals surface area contributed by atoms with E-state index >= 15 is 0 Å². The van der Waals surface area contributed by atoms with Crippen LogP contribution in [0.25, 0.3) is 0 Å². The minimum absolute atomic E-state index is 0.0465. The lowest BCUT2D eigenvalue weighted by Crippen LogP contribution is -2.33. The molecule has 0 unspecified atom stereocenters. The van der Waals surface area contributed by atoms with Crippen LogP contribution in [0.1, 0.15) is 32.1 Å². The molecule has 1 aromatic heterocycles. The summed E-state index contributed by atoms with van der Waals surface area (Å²) in [5, 5.41) is 10.8. The predicted octanol–water partition coefficient (Wildman–Crippen LogP) is 3.26. The van der Waals surface area contributed by atoms with E-state index in [2.05, 4.69) is 0 Å². The highest BCUT2D eigenvalue weighted by atomic mass is 35.5. The Kier molecular flexibility index (Phi) is 5.00. The standard InChI is InChI=1S/C11H15ClN2O4S2/c12-11-9(14(15)16)8-10(19-11)20(17,18)13-6-4-2-1-3-5-7-13/h8H,1-7H2. The minimum atomic E-state index is -3.67. The fourth-order valence-corrected chi connectivity index (χ4v) is 5.51. The smallest absolute Gasteiger partial charge is 0.258 e. The summed E-state index contributed by atoms with van der Waals surface area (Å²) in [5.74, 6) is 0. The molecule has 0 aliphatic carbocycles. The fourth-order valence-electron chi connectivity index (χ4n) is 2.18. The van der Waals surface area contributed by atoms with Crippen molar-refractivity contribution in [2.24, 2.45) is 0 Å². The topological polar surface area (TPSA) is 80.5 Å². The van der Waals surface area contributed by atoms with Crippen LogP contribution in [-0.2, 0) is 10.0 Å². The first kappa shape index (κ1) is 15.7. The van der Waals surface area contributed by atoms with Gasteiger partial charge in [0.2, 0.25) is 0 Å². The molecular formula is C11H15ClN2O4S2. The second kappa shape index (κ2) is 6.38. The second-order valence-corrected chi connectivity index (χ2v) is 8.47. The molecular weight excluding hydrogens is 324 g/mol. The summed E-state index contributed by atoms with van der Waals surface area (Å²) in [6.07, 6.45) is 4.79. The highest BCUT2D eigenvalue weighted by molar-refractivity contribution is 7.91. The molecule has 2 rings (SSSR count). The Morgan fingerprint density at radius 1 is 1.20 bits per heavy atom. The van der Waals surface area contributed by atoms with Crippen LogP contribution in [0.4, 0.5) is 5.69 Å². The average molecular weight is 339 g/mol. The third-order valence-corrected chi connectivity index (χ3v) is 6.94. The first-order valence-corrected chi connectivity index (χ1v) is 9.00. The van der Waals surface area contributed by atoms with E-state index in [1.165, 1.54) is 4.31 Å². The molecule has 2 heterocycles. The Hall–Kier alpha value is -0.700. The van der Waals surface area contributed by atoms with Crippen molar-refractivity contribution in [3.8, 4) is 0 Å². The van der Waals surface area contributed by atoms with Gasteiger partial charge in [0.05, 0.1) is 4.92 Å². The van der Waals surface area contributed by atoms with E-state index in [4.69, 9.17) is 11.6 Å². The monoisotopic (exact) mass is 338 g/mol. The van der Waals surface area contributed by atoms with Crippen molar-refractivity contribution in [3.05, 3.63) is 20.5 Å². The maximum atomic E-state index is 12.5. The van der Waals surface area contributed by atoms with Gasteiger partial charge < -0.3 is 0 Å². The fraction of sp³-hybridized carbons (Fsp3) is 0.636. The van der Waals surface area contributed by atoms with Crippen molar-refractivity contribution in [1.29, 1.82) is 0 Å². The molecule has 0 N–H and O–H groups in total. The van der Waals surface area contributed by atoms with Crippen LogP contribution in [0.5, 0.6) is 0 Å². The zero-order valence-electron chi connectivity index (χ0n) is 10.7. The molecule has 1 saturated heterocycles. The van der Waals surface area contributed by atoms with Crippen LogP contribution in [0.2, 0.25) is 4.34 Å². The molecule has 1 fully saturated rings. The maximum absolute atomic E-state index is 12.5. The molecule has 0 aromatic carbocycles. The lowest BCUT2D eigenvalue weighted by Gasteiger charge is -2.23. The Balaban J connectivity index is 2.28. The summed E-state index contributed by atoms with van der Waals surface area (Å²) in [5.41, 5.74) is -0.345. The normalized spacial score (nSPS) is 18.4. The number of nitrogens with zero attached hydrogens (tertiary/aromatic N) is 2. The van der Waals surface area contributed by atoms with Crippen molar-refractivity contribution in [3.63, 3.8) is 0 Å². The Morgan fingerprint density at radius 2 is 1.75 bits per heavy atom. The third kappa shape index (κ3) is 3.30. The van der Waals surface area contributed by atoms with Gasteiger partial charge >= 0.3 is 0 Å². The van der Waals surface area contributed by atoms with Crippen molar-refractivity contribution >= 4 is 38.6 Å². The van der Waals surface area contributed by atoms with Gasteiger partial charge in [-0.15, -0.1) is 11.3 Å². The molecule has 0 atom stereocenters. The van der Waals surface area contributed by atoms with Crippen molar-refractivity contribution < 1.29 is 13.3 Å². The molecule has 0 spiro atoms. The average Bonchev–Trinajstić information content (AvgIpc) is 2.71. The van der Waals surface area contributed by atoms with E-state index in [0.29, 0.717) is 13.1 Å². The molecule has 1 aliphatic rings. The van der Waals surface area contributed by atoms with Crippen LogP contribution in [0.15, 0.2) is 10.3 Å². The van der Waals surface area contributed by atoms with Gasteiger partial charge in [0, 0.05) is 19.2 Å². The first-order valence-electron chi connectivity index (χ1n) is 6.37. The van der Waals surface area contributed by atoms with Crippen LogP contribution in [0, 0.1) is 10.1 Å². The van der Waals surface area contributed by atoms with Crippen LogP contribution >= 0.6 is 22.9 Å². The number of nitro groups is 1. The number of sulfonamides is 1. The summed E-state index contributed by atoms with van der Waals surface area (Å²) in [4.78, 5) is 10.1. The molecule has 0 saturated carbocycles. The Bertz CT molecular complexity index is 592. The zero-order chi connectivity index (χ0) is 14.8. The van der Waals surface area contributed by atoms with Crippen LogP contribution in [-0.4, -0.2) is 30.7 Å². The van der Waals surface area contributed by atoms with E-state index in [1.807, 2.05) is 0 Å².